The van der Waals surface area contributed by atoms with Gasteiger partial charge in [-0.2, -0.15) is 0 Å². The molecule has 2 heterocycles. The molecule has 0 bridgehead atoms. The van der Waals surface area contributed by atoms with E-state index in [9.17, 15) is 0 Å². The Morgan fingerprint density at radius 1 is 1.21 bits per heavy atom. The minimum Gasteiger partial charge on any atom is -0.497 e. The highest BCUT2D eigenvalue weighted by atomic mass is 16.5. The number of aromatic nitrogens is 2. The molecule has 0 radical (unpaired) electrons. The third-order valence-electron chi connectivity index (χ3n) is 4.38. The Hall–Kier alpha value is -3.45. The average Bonchev–Trinajstić information content (AvgIpc) is 3.24. The van der Waals surface area contributed by atoms with Crippen molar-refractivity contribution in [3.8, 4) is 11.8 Å². The molecule has 1 aliphatic rings. The standard InChI is InChI=1S/C15H17N3O.C7H10N2O/c1-19-14-9-7-13(8-10-14)18(17)11-15(16)12-5-3-2-4-6-12;1-5-3-9-4-6(2)10-7(9)8-5/h2-11H,16-17H2,1H3;3,6H,4H2,1-2H3/b15-11-;/t;6-/m.1/s1. The summed E-state index contributed by atoms with van der Waals surface area (Å²) in [6.07, 6.45) is 4.00. The van der Waals surface area contributed by atoms with Gasteiger partial charge in [0.1, 0.15) is 11.9 Å². The van der Waals surface area contributed by atoms with Crippen molar-refractivity contribution >= 4 is 11.4 Å². The number of aryl methyl sites for hydroxylation is 1. The number of hydrogen-bond donors (Lipinski definition) is 2. The van der Waals surface area contributed by atoms with Crippen molar-refractivity contribution in [1.82, 2.24) is 9.55 Å². The van der Waals surface area contributed by atoms with Crippen molar-refractivity contribution in [2.24, 2.45) is 11.6 Å². The molecule has 29 heavy (non-hydrogen) atoms. The van der Waals surface area contributed by atoms with Gasteiger partial charge in [0.15, 0.2) is 0 Å². The number of anilines is 1. The van der Waals surface area contributed by atoms with Gasteiger partial charge in [0.2, 0.25) is 0 Å². The van der Waals surface area contributed by atoms with E-state index in [0.717, 1.165) is 35.2 Å². The molecule has 0 amide bonds. The highest BCUT2D eigenvalue weighted by Gasteiger charge is 2.19. The van der Waals surface area contributed by atoms with Crippen molar-refractivity contribution in [2.45, 2.75) is 26.5 Å². The van der Waals surface area contributed by atoms with Crippen LogP contribution in [-0.4, -0.2) is 22.8 Å². The summed E-state index contributed by atoms with van der Waals surface area (Å²) in [6.45, 7) is 4.96. The number of rotatable bonds is 4. The number of hydrazine groups is 1. The Kier molecular flexibility index (Phi) is 6.41. The van der Waals surface area contributed by atoms with Gasteiger partial charge < -0.3 is 15.2 Å². The van der Waals surface area contributed by atoms with Crippen LogP contribution < -0.4 is 26.1 Å². The molecule has 7 heteroatoms. The molecule has 1 aromatic heterocycles. The molecule has 2 aromatic carbocycles. The quantitative estimate of drug-likeness (QED) is 0.522. The summed E-state index contributed by atoms with van der Waals surface area (Å²) in [5.41, 5.74) is 9.41. The molecular formula is C22H27N5O2. The lowest BCUT2D eigenvalue weighted by atomic mass is 10.2. The first-order valence-electron chi connectivity index (χ1n) is 9.37. The zero-order valence-electron chi connectivity index (χ0n) is 16.9. The van der Waals surface area contributed by atoms with Gasteiger partial charge in [0.05, 0.1) is 30.7 Å². The normalized spacial score (nSPS) is 15.0. The largest absolute Gasteiger partial charge is 0.497 e. The summed E-state index contributed by atoms with van der Waals surface area (Å²) in [7, 11) is 1.63. The minimum atomic E-state index is 0.295. The Bertz CT molecular complexity index is 928. The number of nitrogens with zero attached hydrogens (tertiary/aromatic N) is 3. The third-order valence-corrected chi connectivity index (χ3v) is 4.38. The van der Waals surface area contributed by atoms with Crippen molar-refractivity contribution < 1.29 is 9.47 Å². The molecule has 0 saturated heterocycles. The Balaban J connectivity index is 0.000000200. The maximum absolute atomic E-state index is 6.00. The predicted octanol–water partition coefficient (Wildman–Crippen LogP) is 3.31. The van der Waals surface area contributed by atoms with Gasteiger partial charge in [0.25, 0.3) is 6.01 Å². The summed E-state index contributed by atoms with van der Waals surface area (Å²) < 4.78 is 12.5. The third kappa shape index (κ3) is 5.30. The number of imidazole rings is 1. The van der Waals surface area contributed by atoms with E-state index in [0.29, 0.717) is 11.8 Å². The van der Waals surface area contributed by atoms with Crippen LogP contribution in [0, 0.1) is 6.92 Å². The number of hydrogen-bond acceptors (Lipinski definition) is 6. The van der Waals surface area contributed by atoms with Gasteiger partial charge in [-0.1, -0.05) is 30.3 Å². The van der Waals surface area contributed by atoms with Crippen LogP contribution in [0.4, 0.5) is 5.69 Å². The topological polar surface area (TPSA) is 91.6 Å². The first-order valence-corrected chi connectivity index (χ1v) is 9.37. The molecule has 4 N–H and O–H groups in total. The van der Waals surface area contributed by atoms with E-state index >= 15 is 0 Å². The minimum absolute atomic E-state index is 0.295. The molecule has 0 saturated carbocycles. The summed E-state index contributed by atoms with van der Waals surface area (Å²) in [4.78, 5) is 4.18. The summed E-state index contributed by atoms with van der Waals surface area (Å²) in [6, 6.07) is 17.9. The molecule has 0 spiro atoms. The highest BCUT2D eigenvalue weighted by molar-refractivity contribution is 5.66. The van der Waals surface area contributed by atoms with Crippen LogP contribution in [0.5, 0.6) is 11.8 Å². The SMILES string of the molecule is COc1ccc(N(N)/C=C(\N)c2ccccc2)cc1.Cc1cn2c(n1)O[C@H](C)C2. The highest BCUT2D eigenvalue weighted by Crippen LogP contribution is 2.20. The number of benzene rings is 2. The van der Waals surface area contributed by atoms with Crippen LogP contribution >= 0.6 is 0 Å². The van der Waals surface area contributed by atoms with E-state index in [4.69, 9.17) is 21.1 Å². The fourth-order valence-electron chi connectivity index (χ4n) is 2.93. The van der Waals surface area contributed by atoms with Crippen LogP contribution in [0.2, 0.25) is 0 Å². The van der Waals surface area contributed by atoms with E-state index in [-0.39, 0.29) is 0 Å². The average molecular weight is 393 g/mol. The first-order chi connectivity index (χ1) is 14.0. The molecule has 3 aromatic rings. The van der Waals surface area contributed by atoms with Gasteiger partial charge >= 0.3 is 0 Å². The van der Waals surface area contributed by atoms with E-state index in [2.05, 4.69) is 4.98 Å². The Morgan fingerprint density at radius 3 is 2.52 bits per heavy atom. The monoisotopic (exact) mass is 393 g/mol. The lowest BCUT2D eigenvalue weighted by molar-refractivity contribution is 0.245. The van der Waals surface area contributed by atoms with Crippen LogP contribution in [0.25, 0.3) is 5.70 Å². The summed E-state index contributed by atoms with van der Waals surface area (Å²) in [5.74, 6) is 6.75. The van der Waals surface area contributed by atoms with Crippen molar-refractivity contribution in [3.63, 3.8) is 0 Å². The van der Waals surface area contributed by atoms with Gasteiger partial charge in [-0.3, -0.25) is 9.58 Å². The number of methoxy groups -OCH3 is 1. The lowest BCUT2D eigenvalue weighted by Gasteiger charge is -2.15. The van der Waals surface area contributed by atoms with Gasteiger partial charge in [-0.25, -0.2) is 10.8 Å². The number of fused-ring (bicyclic) bond motifs is 1. The summed E-state index contributed by atoms with van der Waals surface area (Å²) >= 11 is 0. The van der Waals surface area contributed by atoms with Crippen LogP contribution in [-0.2, 0) is 6.54 Å². The molecule has 0 fully saturated rings. The first kappa shape index (κ1) is 20.3. The molecule has 4 rings (SSSR count). The zero-order valence-corrected chi connectivity index (χ0v) is 16.9. The van der Waals surface area contributed by atoms with Crippen LogP contribution in [0.15, 0.2) is 67.0 Å². The molecule has 0 aliphatic carbocycles. The second-order valence-electron chi connectivity index (χ2n) is 6.80. The van der Waals surface area contributed by atoms with E-state index in [1.165, 1.54) is 5.01 Å². The lowest BCUT2D eigenvalue weighted by Crippen LogP contribution is -2.25. The number of nitrogens with two attached hydrogens (primary N) is 2. The van der Waals surface area contributed by atoms with E-state index < -0.39 is 0 Å². The zero-order chi connectivity index (χ0) is 20.8. The molecule has 7 nitrogen and oxygen atoms in total. The van der Waals surface area contributed by atoms with Crippen molar-refractivity contribution in [3.05, 3.63) is 78.3 Å². The molecule has 1 aliphatic heterocycles. The molecule has 1 atom stereocenters. The van der Waals surface area contributed by atoms with Crippen LogP contribution in [0.3, 0.4) is 0 Å². The second kappa shape index (κ2) is 9.16. The second-order valence-corrected chi connectivity index (χ2v) is 6.80. The van der Waals surface area contributed by atoms with E-state index in [1.807, 2.05) is 79.2 Å². The van der Waals surface area contributed by atoms with E-state index in [1.54, 1.807) is 13.3 Å². The maximum Gasteiger partial charge on any atom is 0.296 e. The molecule has 0 unspecified atom stereocenters. The molecule has 152 valence electrons. The Morgan fingerprint density at radius 2 is 1.90 bits per heavy atom. The van der Waals surface area contributed by atoms with Crippen molar-refractivity contribution in [2.75, 3.05) is 12.1 Å². The summed E-state index contributed by atoms with van der Waals surface area (Å²) in [5, 5.41) is 1.49. The fourth-order valence-corrected chi connectivity index (χ4v) is 2.93. The van der Waals surface area contributed by atoms with Crippen LogP contribution in [0.1, 0.15) is 18.2 Å². The van der Waals surface area contributed by atoms with Gasteiger partial charge in [-0.05, 0) is 43.7 Å². The van der Waals surface area contributed by atoms with Crippen molar-refractivity contribution in [1.29, 1.82) is 0 Å². The molecular weight excluding hydrogens is 366 g/mol. The smallest absolute Gasteiger partial charge is 0.296 e. The van der Waals surface area contributed by atoms with Gasteiger partial charge in [-0.15, -0.1) is 0 Å². The Labute approximate surface area is 171 Å². The predicted molar refractivity (Wildman–Crippen MR) is 115 cm³/mol. The maximum atomic E-state index is 6.00. The number of ether oxygens (including phenoxy) is 2. The van der Waals surface area contributed by atoms with Gasteiger partial charge in [0, 0.05) is 12.4 Å². The fraction of sp³-hybridized carbons (Fsp3) is 0.227.